The van der Waals surface area contributed by atoms with Crippen molar-refractivity contribution < 1.29 is 0 Å². The summed E-state index contributed by atoms with van der Waals surface area (Å²) in [7, 11) is 0. The average Bonchev–Trinajstić information content (AvgIpc) is 2.65. The third-order valence-electron chi connectivity index (χ3n) is 5.43. The molecule has 3 atom stereocenters. The molecule has 1 aliphatic carbocycles. The van der Waals surface area contributed by atoms with E-state index >= 15 is 0 Å². The number of rotatable bonds is 6. The molecule has 0 bridgehead atoms. The Bertz CT molecular complexity index is 254. The van der Waals surface area contributed by atoms with Crippen molar-refractivity contribution in [2.75, 3.05) is 26.2 Å². The van der Waals surface area contributed by atoms with Crippen LogP contribution >= 0.6 is 0 Å². The van der Waals surface area contributed by atoms with Crippen molar-refractivity contribution in [3.8, 4) is 0 Å². The lowest BCUT2D eigenvalue weighted by molar-refractivity contribution is 0.254. The molecule has 0 spiro atoms. The Morgan fingerprint density at radius 3 is 2.75 bits per heavy atom. The summed E-state index contributed by atoms with van der Waals surface area (Å²) in [6.45, 7) is 9.89. The molecule has 2 fully saturated rings. The standard InChI is InChI=1S/C18H36N2/c1-3-6-17-8-5-12-20(13-10-17)14-11-19-18-9-4-7-16(2)15-18/h16-19H,3-15H2,1-2H3. The minimum atomic E-state index is 0.804. The van der Waals surface area contributed by atoms with Crippen molar-refractivity contribution in [3.63, 3.8) is 0 Å². The molecule has 1 saturated heterocycles. The highest BCUT2D eigenvalue weighted by Gasteiger charge is 2.19. The summed E-state index contributed by atoms with van der Waals surface area (Å²) < 4.78 is 0. The highest BCUT2D eigenvalue weighted by Crippen LogP contribution is 2.24. The lowest BCUT2D eigenvalue weighted by Gasteiger charge is -2.29. The third kappa shape index (κ3) is 5.73. The van der Waals surface area contributed by atoms with E-state index in [1.54, 1.807) is 0 Å². The first kappa shape index (κ1) is 16.3. The number of likely N-dealkylation sites (tertiary alicyclic amines) is 1. The minimum absolute atomic E-state index is 0.804. The second kappa shape index (κ2) is 9.04. The molecule has 1 heterocycles. The van der Waals surface area contributed by atoms with Crippen LogP contribution in [0.2, 0.25) is 0 Å². The summed E-state index contributed by atoms with van der Waals surface area (Å²) in [5, 5.41) is 3.81. The third-order valence-corrected chi connectivity index (χ3v) is 5.43. The first-order valence-corrected chi connectivity index (χ1v) is 9.23. The second-order valence-electron chi connectivity index (χ2n) is 7.35. The van der Waals surface area contributed by atoms with Gasteiger partial charge in [-0.3, -0.25) is 0 Å². The Kier molecular flexibility index (Phi) is 7.37. The zero-order valence-corrected chi connectivity index (χ0v) is 13.9. The van der Waals surface area contributed by atoms with Gasteiger partial charge in [0.1, 0.15) is 0 Å². The average molecular weight is 281 g/mol. The van der Waals surface area contributed by atoms with Gasteiger partial charge in [0.05, 0.1) is 0 Å². The van der Waals surface area contributed by atoms with Crippen LogP contribution in [0.25, 0.3) is 0 Å². The van der Waals surface area contributed by atoms with Gasteiger partial charge in [-0.05, 0) is 57.0 Å². The van der Waals surface area contributed by atoms with Gasteiger partial charge in [-0.15, -0.1) is 0 Å². The Hall–Kier alpha value is -0.0800. The molecule has 1 aliphatic heterocycles. The Morgan fingerprint density at radius 1 is 1.05 bits per heavy atom. The molecule has 0 aromatic heterocycles. The van der Waals surface area contributed by atoms with Crippen LogP contribution in [-0.2, 0) is 0 Å². The molecule has 0 radical (unpaired) electrons. The Labute approximate surface area is 126 Å². The van der Waals surface area contributed by atoms with E-state index in [4.69, 9.17) is 0 Å². The van der Waals surface area contributed by atoms with Gasteiger partial charge < -0.3 is 10.2 Å². The van der Waals surface area contributed by atoms with E-state index in [2.05, 4.69) is 24.1 Å². The van der Waals surface area contributed by atoms with Crippen LogP contribution in [-0.4, -0.2) is 37.1 Å². The Balaban J connectivity index is 1.59. The van der Waals surface area contributed by atoms with Crippen LogP contribution in [0.15, 0.2) is 0 Å². The van der Waals surface area contributed by atoms with E-state index in [9.17, 15) is 0 Å². The maximum absolute atomic E-state index is 3.81. The lowest BCUT2D eigenvalue weighted by atomic mass is 9.87. The molecule has 1 N–H and O–H groups in total. The second-order valence-corrected chi connectivity index (χ2v) is 7.35. The maximum Gasteiger partial charge on any atom is 0.0107 e. The van der Waals surface area contributed by atoms with Crippen molar-refractivity contribution in [2.24, 2.45) is 11.8 Å². The fourth-order valence-electron chi connectivity index (χ4n) is 4.19. The highest BCUT2D eigenvalue weighted by molar-refractivity contribution is 4.77. The number of hydrogen-bond acceptors (Lipinski definition) is 2. The molecular formula is C18H36N2. The van der Waals surface area contributed by atoms with E-state index in [-0.39, 0.29) is 0 Å². The van der Waals surface area contributed by atoms with Crippen LogP contribution in [0, 0.1) is 11.8 Å². The van der Waals surface area contributed by atoms with Crippen LogP contribution in [0.4, 0.5) is 0 Å². The highest BCUT2D eigenvalue weighted by atomic mass is 15.1. The molecule has 20 heavy (non-hydrogen) atoms. The summed E-state index contributed by atoms with van der Waals surface area (Å²) in [6, 6.07) is 0.804. The van der Waals surface area contributed by atoms with E-state index in [0.29, 0.717) is 0 Å². The van der Waals surface area contributed by atoms with Crippen molar-refractivity contribution >= 4 is 0 Å². The van der Waals surface area contributed by atoms with Gasteiger partial charge in [-0.2, -0.15) is 0 Å². The predicted molar refractivity (Wildman–Crippen MR) is 88.1 cm³/mol. The van der Waals surface area contributed by atoms with Crippen molar-refractivity contribution in [1.29, 1.82) is 0 Å². The molecule has 2 heteroatoms. The van der Waals surface area contributed by atoms with Gasteiger partial charge in [0.2, 0.25) is 0 Å². The molecule has 118 valence electrons. The summed E-state index contributed by atoms with van der Waals surface area (Å²) in [4.78, 5) is 2.70. The summed E-state index contributed by atoms with van der Waals surface area (Å²) >= 11 is 0. The van der Waals surface area contributed by atoms with E-state index in [1.807, 2.05) is 0 Å². The number of hydrogen-bond donors (Lipinski definition) is 1. The maximum atomic E-state index is 3.81. The summed E-state index contributed by atoms with van der Waals surface area (Å²) in [5.41, 5.74) is 0. The van der Waals surface area contributed by atoms with Crippen molar-refractivity contribution in [1.82, 2.24) is 10.2 Å². The molecular weight excluding hydrogens is 244 g/mol. The van der Waals surface area contributed by atoms with Crippen LogP contribution < -0.4 is 5.32 Å². The van der Waals surface area contributed by atoms with Crippen LogP contribution in [0.1, 0.15) is 71.6 Å². The summed E-state index contributed by atoms with van der Waals surface area (Å²) in [5.74, 6) is 1.95. The van der Waals surface area contributed by atoms with Gasteiger partial charge in [0.15, 0.2) is 0 Å². The summed E-state index contributed by atoms with van der Waals surface area (Å²) in [6.07, 6.45) is 12.8. The molecule has 0 aromatic rings. The van der Waals surface area contributed by atoms with Gasteiger partial charge in [-0.25, -0.2) is 0 Å². The molecule has 0 amide bonds. The van der Waals surface area contributed by atoms with Crippen molar-refractivity contribution in [3.05, 3.63) is 0 Å². The normalized spacial score (nSPS) is 33.0. The fraction of sp³-hybridized carbons (Fsp3) is 1.00. The molecule has 2 aliphatic rings. The van der Waals surface area contributed by atoms with E-state index in [1.165, 1.54) is 84.0 Å². The monoisotopic (exact) mass is 280 g/mol. The zero-order chi connectivity index (χ0) is 14.2. The predicted octanol–water partition coefficient (Wildman–Crippen LogP) is 4.06. The van der Waals surface area contributed by atoms with E-state index < -0.39 is 0 Å². The molecule has 2 nitrogen and oxygen atoms in total. The number of nitrogens with one attached hydrogen (secondary N) is 1. The van der Waals surface area contributed by atoms with Gasteiger partial charge in [-0.1, -0.05) is 39.5 Å². The molecule has 3 unspecified atom stereocenters. The molecule has 1 saturated carbocycles. The Morgan fingerprint density at radius 2 is 1.95 bits per heavy atom. The molecule has 0 aromatic carbocycles. The zero-order valence-electron chi connectivity index (χ0n) is 13.9. The van der Waals surface area contributed by atoms with Gasteiger partial charge in [0, 0.05) is 19.1 Å². The number of nitrogens with zero attached hydrogens (tertiary/aromatic N) is 1. The SMILES string of the molecule is CCCC1CCCN(CCNC2CCCC(C)C2)CC1. The molecule has 2 rings (SSSR count). The van der Waals surface area contributed by atoms with Gasteiger partial charge in [0.25, 0.3) is 0 Å². The largest absolute Gasteiger partial charge is 0.313 e. The van der Waals surface area contributed by atoms with E-state index in [0.717, 1.165) is 17.9 Å². The fourth-order valence-corrected chi connectivity index (χ4v) is 4.19. The van der Waals surface area contributed by atoms with Crippen molar-refractivity contribution in [2.45, 2.75) is 77.7 Å². The van der Waals surface area contributed by atoms with Crippen LogP contribution in [0.3, 0.4) is 0 Å². The first-order valence-electron chi connectivity index (χ1n) is 9.23. The van der Waals surface area contributed by atoms with Gasteiger partial charge >= 0.3 is 0 Å². The van der Waals surface area contributed by atoms with Crippen LogP contribution in [0.5, 0.6) is 0 Å². The minimum Gasteiger partial charge on any atom is -0.313 e. The smallest absolute Gasteiger partial charge is 0.0107 e. The quantitative estimate of drug-likeness (QED) is 0.789. The topological polar surface area (TPSA) is 15.3 Å². The first-order chi connectivity index (χ1) is 9.78. The lowest BCUT2D eigenvalue weighted by Crippen LogP contribution is -2.39.